The Kier molecular flexibility index (Phi) is 2.73. The third kappa shape index (κ3) is 1.90. The van der Waals surface area contributed by atoms with Gasteiger partial charge in [-0.1, -0.05) is 35.9 Å². The van der Waals surface area contributed by atoms with Crippen LogP contribution in [0.5, 0.6) is 0 Å². The molecule has 0 radical (unpaired) electrons. The Hall–Kier alpha value is -1.02. The number of hydrogen-bond donors (Lipinski definition) is 1. The maximum absolute atomic E-state index is 8.04. The van der Waals surface area contributed by atoms with E-state index >= 15 is 0 Å². The molecule has 0 saturated carbocycles. The lowest BCUT2D eigenvalue weighted by Gasteiger charge is -2.10. The predicted molar refractivity (Wildman–Crippen MR) is 63.1 cm³/mol. The highest BCUT2D eigenvalue weighted by atomic mass is 32.2. The van der Waals surface area contributed by atoms with Gasteiger partial charge < -0.3 is 5.41 Å². The first-order chi connectivity index (χ1) is 6.77. The van der Waals surface area contributed by atoms with Crippen molar-refractivity contribution in [3.8, 4) is 0 Å². The van der Waals surface area contributed by atoms with E-state index < -0.39 is 0 Å². The first-order valence-corrected chi connectivity index (χ1v) is 5.67. The van der Waals surface area contributed by atoms with Gasteiger partial charge in [-0.3, -0.25) is 0 Å². The van der Waals surface area contributed by atoms with Gasteiger partial charge >= 0.3 is 0 Å². The summed E-state index contributed by atoms with van der Waals surface area (Å²) >= 11 is 1.74. The summed E-state index contributed by atoms with van der Waals surface area (Å²) in [5.74, 6) is 0. The van der Waals surface area contributed by atoms with Crippen LogP contribution in [-0.2, 0) is 0 Å². The molecule has 1 nitrogen and oxygen atoms in total. The summed E-state index contributed by atoms with van der Waals surface area (Å²) < 4.78 is 0. The molecule has 1 aliphatic heterocycles. The lowest BCUT2D eigenvalue weighted by molar-refractivity contribution is 1.12. The van der Waals surface area contributed by atoms with E-state index in [-0.39, 0.29) is 0 Å². The van der Waals surface area contributed by atoms with E-state index in [1.54, 1.807) is 11.8 Å². The highest BCUT2D eigenvalue weighted by Gasteiger charge is 2.17. The average Bonchev–Trinajstić information content (AvgIpc) is 2.71. The second-order valence-electron chi connectivity index (χ2n) is 3.51. The van der Waals surface area contributed by atoms with Crippen LogP contribution in [0, 0.1) is 12.3 Å². The van der Waals surface area contributed by atoms with Crippen molar-refractivity contribution >= 4 is 17.5 Å². The Balaban J connectivity index is 2.14. The third-order valence-electron chi connectivity index (χ3n) is 2.37. The number of hydrogen-bond acceptors (Lipinski definition) is 2. The predicted octanol–water partition coefficient (Wildman–Crippen LogP) is 3.38. The Bertz CT molecular complexity index is 356. The van der Waals surface area contributed by atoms with Crippen molar-refractivity contribution in [1.29, 1.82) is 5.41 Å². The fraction of sp³-hybridized carbons (Fsp3) is 0.250. The highest BCUT2D eigenvalue weighted by Crippen LogP contribution is 2.27. The van der Waals surface area contributed by atoms with Crippen molar-refractivity contribution in [3.63, 3.8) is 0 Å². The van der Waals surface area contributed by atoms with Crippen molar-refractivity contribution < 1.29 is 0 Å². The maximum Gasteiger partial charge on any atom is 0.0545 e. The van der Waals surface area contributed by atoms with Crippen LogP contribution >= 0.6 is 11.8 Å². The molecule has 0 aromatic heterocycles. The molecule has 1 N–H and O–H groups in total. The number of benzene rings is 1. The van der Waals surface area contributed by atoms with Gasteiger partial charge in [-0.05, 0) is 24.3 Å². The van der Waals surface area contributed by atoms with Gasteiger partial charge in [-0.15, -0.1) is 11.8 Å². The second-order valence-corrected chi connectivity index (χ2v) is 4.63. The van der Waals surface area contributed by atoms with Crippen molar-refractivity contribution in [2.45, 2.75) is 18.6 Å². The zero-order chi connectivity index (χ0) is 9.97. The fourth-order valence-corrected chi connectivity index (χ4v) is 2.40. The van der Waals surface area contributed by atoms with Crippen LogP contribution in [0.15, 0.2) is 35.7 Å². The summed E-state index contributed by atoms with van der Waals surface area (Å²) in [4.78, 5) is 0. The summed E-state index contributed by atoms with van der Waals surface area (Å²) in [5, 5.41) is 10.5. The van der Waals surface area contributed by atoms with Crippen LogP contribution in [-0.4, -0.2) is 11.0 Å². The number of aryl methyl sites for hydroxylation is 1. The standard InChI is InChI=1S/C12H13NS/c1-9-4-6-10(7-5-9)12(13)11-3-2-8-14-11/h2,4-8,11,13H,3H2,1H3. The maximum atomic E-state index is 8.04. The Morgan fingerprint density at radius 2 is 2.07 bits per heavy atom. The molecule has 72 valence electrons. The summed E-state index contributed by atoms with van der Waals surface area (Å²) in [6.07, 6.45) is 3.13. The molecule has 1 aromatic carbocycles. The van der Waals surface area contributed by atoms with Gasteiger partial charge in [0, 0.05) is 0 Å². The van der Waals surface area contributed by atoms with Crippen LogP contribution < -0.4 is 0 Å². The molecular weight excluding hydrogens is 190 g/mol. The first kappa shape index (κ1) is 9.53. The minimum absolute atomic E-state index is 0.331. The molecule has 1 atom stereocenters. The smallest absolute Gasteiger partial charge is 0.0545 e. The zero-order valence-corrected chi connectivity index (χ0v) is 8.97. The summed E-state index contributed by atoms with van der Waals surface area (Å²) in [7, 11) is 0. The van der Waals surface area contributed by atoms with E-state index in [0.717, 1.165) is 17.7 Å². The van der Waals surface area contributed by atoms with Gasteiger partial charge in [0.2, 0.25) is 0 Å². The minimum Gasteiger partial charge on any atom is -0.303 e. The summed E-state index contributed by atoms with van der Waals surface area (Å²) in [6.45, 7) is 2.07. The largest absolute Gasteiger partial charge is 0.303 e. The second kappa shape index (κ2) is 4.01. The lowest BCUT2D eigenvalue weighted by Crippen LogP contribution is -2.14. The van der Waals surface area contributed by atoms with Gasteiger partial charge in [0.15, 0.2) is 0 Å². The van der Waals surface area contributed by atoms with Crippen molar-refractivity contribution in [2.24, 2.45) is 0 Å². The molecule has 1 aromatic rings. The van der Waals surface area contributed by atoms with E-state index in [1.165, 1.54) is 5.56 Å². The average molecular weight is 203 g/mol. The molecule has 2 heteroatoms. The Labute approximate surface area is 88.7 Å². The molecule has 1 heterocycles. The van der Waals surface area contributed by atoms with Crippen LogP contribution in [0.25, 0.3) is 0 Å². The van der Waals surface area contributed by atoms with Crippen molar-refractivity contribution in [2.75, 3.05) is 0 Å². The summed E-state index contributed by atoms with van der Waals surface area (Å²) in [6, 6.07) is 8.21. The molecule has 0 amide bonds. The number of allylic oxidation sites excluding steroid dienone is 1. The number of rotatable bonds is 2. The van der Waals surface area contributed by atoms with Gasteiger partial charge in [0.25, 0.3) is 0 Å². The number of nitrogens with one attached hydrogen (secondary N) is 1. The van der Waals surface area contributed by atoms with E-state index in [0.29, 0.717) is 5.25 Å². The molecular formula is C12H13NS. The molecule has 1 aliphatic rings. The molecule has 0 fully saturated rings. The van der Waals surface area contributed by atoms with E-state index in [9.17, 15) is 0 Å². The Morgan fingerprint density at radius 3 is 2.64 bits per heavy atom. The van der Waals surface area contributed by atoms with Gasteiger partial charge in [-0.2, -0.15) is 0 Å². The molecule has 2 rings (SSSR count). The number of thioether (sulfide) groups is 1. The Morgan fingerprint density at radius 1 is 1.36 bits per heavy atom. The normalized spacial score (nSPS) is 19.9. The van der Waals surface area contributed by atoms with E-state index in [4.69, 9.17) is 5.41 Å². The summed E-state index contributed by atoms with van der Waals surface area (Å²) in [5.41, 5.74) is 3.05. The van der Waals surface area contributed by atoms with Crippen molar-refractivity contribution in [3.05, 3.63) is 46.9 Å². The molecule has 0 saturated heterocycles. The van der Waals surface area contributed by atoms with Crippen LogP contribution in [0.1, 0.15) is 17.5 Å². The van der Waals surface area contributed by atoms with Crippen molar-refractivity contribution in [1.82, 2.24) is 0 Å². The van der Waals surface area contributed by atoms with Gasteiger partial charge in [0.1, 0.15) is 0 Å². The third-order valence-corrected chi connectivity index (χ3v) is 3.48. The first-order valence-electron chi connectivity index (χ1n) is 4.73. The topological polar surface area (TPSA) is 23.9 Å². The molecule has 0 aliphatic carbocycles. The monoisotopic (exact) mass is 203 g/mol. The zero-order valence-electron chi connectivity index (χ0n) is 8.16. The molecule has 14 heavy (non-hydrogen) atoms. The molecule has 0 spiro atoms. The molecule has 1 unspecified atom stereocenters. The fourth-order valence-electron chi connectivity index (χ4n) is 1.49. The van der Waals surface area contributed by atoms with E-state index in [2.05, 4.69) is 30.5 Å². The minimum atomic E-state index is 0.331. The SMILES string of the molecule is Cc1ccc(C(=N)C2CC=CS2)cc1. The van der Waals surface area contributed by atoms with Crippen LogP contribution in [0.4, 0.5) is 0 Å². The van der Waals surface area contributed by atoms with E-state index in [1.807, 2.05) is 12.1 Å². The van der Waals surface area contributed by atoms with Gasteiger partial charge in [-0.25, -0.2) is 0 Å². The molecule has 0 bridgehead atoms. The van der Waals surface area contributed by atoms with Gasteiger partial charge in [0.05, 0.1) is 11.0 Å². The lowest BCUT2D eigenvalue weighted by atomic mass is 10.0. The van der Waals surface area contributed by atoms with Crippen LogP contribution in [0.2, 0.25) is 0 Å². The highest BCUT2D eigenvalue weighted by molar-refractivity contribution is 8.03. The van der Waals surface area contributed by atoms with Crippen LogP contribution in [0.3, 0.4) is 0 Å². The quantitative estimate of drug-likeness (QED) is 0.732.